The van der Waals surface area contributed by atoms with Gasteiger partial charge in [0.2, 0.25) is 0 Å². The van der Waals surface area contributed by atoms with Crippen molar-refractivity contribution in [1.82, 2.24) is 4.98 Å². The third-order valence-electron chi connectivity index (χ3n) is 2.38. The highest BCUT2D eigenvalue weighted by atomic mass is 79.9. The molecule has 0 unspecified atom stereocenters. The molecule has 0 aliphatic heterocycles. The summed E-state index contributed by atoms with van der Waals surface area (Å²) in [6, 6.07) is 3.54. The molecule has 1 heterocycles. The highest BCUT2D eigenvalue weighted by molar-refractivity contribution is 9.11. The van der Waals surface area contributed by atoms with E-state index in [1.807, 2.05) is 6.07 Å². The normalized spacial score (nSPS) is 10.3. The number of esters is 1. The van der Waals surface area contributed by atoms with Crippen LogP contribution in [0.15, 0.2) is 38.1 Å². The molecule has 1 aromatic carbocycles. The van der Waals surface area contributed by atoms with Crippen molar-refractivity contribution in [2.75, 3.05) is 12.4 Å². The zero-order valence-corrected chi connectivity index (χ0v) is 13.1. The fraction of sp³-hybridized carbons (Fsp3) is 0.167. The molecule has 1 aromatic heterocycles. The van der Waals surface area contributed by atoms with E-state index in [2.05, 4.69) is 42.2 Å². The van der Waals surface area contributed by atoms with E-state index in [0.29, 0.717) is 23.6 Å². The lowest BCUT2D eigenvalue weighted by atomic mass is 10.2. The van der Waals surface area contributed by atoms with Crippen LogP contribution in [0, 0.1) is 0 Å². The monoisotopic (exact) mass is 388 g/mol. The van der Waals surface area contributed by atoms with E-state index < -0.39 is 5.97 Å². The van der Waals surface area contributed by atoms with Gasteiger partial charge in [0, 0.05) is 8.95 Å². The van der Waals surface area contributed by atoms with Gasteiger partial charge in [0.25, 0.3) is 0 Å². The molecule has 0 spiro atoms. The molecule has 2 aromatic rings. The van der Waals surface area contributed by atoms with Crippen molar-refractivity contribution in [2.45, 2.75) is 6.54 Å². The van der Waals surface area contributed by atoms with Crippen molar-refractivity contribution in [2.24, 2.45) is 0 Å². The summed E-state index contributed by atoms with van der Waals surface area (Å²) in [5, 5.41) is 3.12. The van der Waals surface area contributed by atoms with Crippen LogP contribution >= 0.6 is 31.9 Å². The minimum absolute atomic E-state index is 0.415. The quantitative estimate of drug-likeness (QED) is 0.809. The average Bonchev–Trinajstić information content (AvgIpc) is 2.89. The van der Waals surface area contributed by atoms with Gasteiger partial charge in [0.15, 0.2) is 6.39 Å². The Kier molecular flexibility index (Phi) is 4.60. The van der Waals surface area contributed by atoms with E-state index in [9.17, 15) is 4.79 Å². The van der Waals surface area contributed by atoms with Crippen LogP contribution < -0.4 is 5.32 Å². The summed E-state index contributed by atoms with van der Waals surface area (Å²) in [4.78, 5) is 15.6. The van der Waals surface area contributed by atoms with E-state index in [-0.39, 0.29) is 0 Å². The van der Waals surface area contributed by atoms with Crippen LogP contribution in [-0.2, 0) is 11.3 Å². The van der Waals surface area contributed by atoms with Crippen LogP contribution in [0.1, 0.15) is 16.1 Å². The molecular weight excluding hydrogens is 380 g/mol. The minimum atomic E-state index is -0.415. The Bertz CT molecular complexity index is 585. The number of halogens is 2. The predicted molar refractivity (Wildman–Crippen MR) is 77.0 cm³/mol. The lowest BCUT2D eigenvalue weighted by Crippen LogP contribution is -2.09. The number of anilines is 1. The van der Waals surface area contributed by atoms with Crippen molar-refractivity contribution < 1.29 is 13.9 Å². The Morgan fingerprint density at radius 1 is 1.47 bits per heavy atom. The van der Waals surface area contributed by atoms with Crippen molar-refractivity contribution in [1.29, 1.82) is 0 Å². The number of benzene rings is 1. The van der Waals surface area contributed by atoms with Gasteiger partial charge in [-0.15, -0.1) is 0 Å². The standard InChI is InChI=1S/C12H10Br2N2O3/c1-18-12(17)9-2-7(13)3-10(14)11(9)16-5-8-4-15-6-19-8/h2-4,6,16H,5H2,1H3. The van der Waals surface area contributed by atoms with Crippen LogP contribution in [0.2, 0.25) is 0 Å². The molecule has 0 radical (unpaired) electrons. The topological polar surface area (TPSA) is 64.4 Å². The van der Waals surface area contributed by atoms with Gasteiger partial charge in [-0.25, -0.2) is 9.78 Å². The molecule has 5 nitrogen and oxygen atoms in total. The molecule has 2 rings (SSSR count). The van der Waals surface area contributed by atoms with E-state index in [1.165, 1.54) is 13.5 Å². The highest BCUT2D eigenvalue weighted by Crippen LogP contribution is 2.31. The number of nitrogens with one attached hydrogen (secondary N) is 1. The van der Waals surface area contributed by atoms with Crippen LogP contribution in [0.3, 0.4) is 0 Å². The summed E-state index contributed by atoms with van der Waals surface area (Å²) in [5.41, 5.74) is 1.08. The van der Waals surface area contributed by atoms with Gasteiger partial charge in [0.1, 0.15) is 5.76 Å². The summed E-state index contributed by atoms with van der Waals surface area (Å²) in [5.74, 6) is 0.257. The smallest absolute Gasteiger partial charge is 0.340 e. The molecule has 1 N–H and O–H groups in total. The van der Waals surface area contributed by atoms with E-state index in [4.69, 9.17) is 9.15 Å². The zero-order chi connectivity index (χ0) is 13.8. The van der Waals surface area contributed by atoms with Crippen LogP contribution in [0.5, 0.6) is 0 Å². The Hall–Kier alpha value is -1.34. The van der Waals surface area contributed by atoms with Crippen LogP contribution in [0.25, 0.3) is 0 Å². The number of ether oxygens (including phenoxy) is 1. The van der Waals surface area contributed by atoms with Crippen molar-refractivity contribution >= 4 is 43.5 Å². The maximum atomic E-state index is 11.8. The Morgan fingerprint density at radius 2 is 2.26 bits per heavy atom. The summed E-state index contributed by atoms with van der Waals surface area (Å²) in [7, 11) is 1.34. The summed E-state index contributed by atoms with van der Waals surface area (Å²) < 4.78 is 11.4. The molecule has 100 valence electrons. The molecule has 0 aliphatic rings. The fourth-order valence-corrected chi connectivity index (χ4v) is 2.89. The molecule has 0 atom stereocenters. The van der Waals surface area contributed by atoms with Crippen molar-refractivity contribution in [3.63, 3.8) is 0 Å². The molecule has 0 amide bonds. The second kappa shape index (κ2) is 6.21. The van der Waals surface area contributed by atoms with Crippen molar-refractivity contribution in [3.8, 4) is 0 Å². The maximum absolute atomic E-state index is 11.8. The summed E-state index contributed by atoms with van der Waals surface area (Å²) in [6.45, 7) is 0.421. The summed E-state index contributed by atoms with van der Waals surface area (Å²) >= 11 is 6.75. The van der Waals surface area contributed by atoms with Gasteiger partial charge in [-0.2, -0.15) is 0 Å². The molecular formula is C12H10Br2N2O3. The largest absolute Gasteiger partial charge is 0.465 e. The molecule has 0 saturated heterocycles. The highest BCUT2D eigenvalue weighted by Gasteiger charge is 2.16. The van der Waals surface area contributed by atoms with Gasteiger partial charge < -0.3 is 14.5 Å². The maximum Gasteiger partial charge on any atom is 0.340 e. The van der Waals surface area contributed by atoms with E-state index in [1.54, 1.807) is 12.3 Å². The van der Waals surface area contributed by atoms with Gasteiger partial charge in [0.05, 0.1) is 31.1 Å². The molecule has 7 heteroatoms. The fourth-order valence-electron chi connectivity index (χ4n) is 1.53. The van der Waals surface area contributed by atoms with Gasteiger partial charge in [-0.05, 0) is 28.1 Å². The Balaban J connectivity index is 2.29. The third kappa shape index (κ3) is 3.36. The number of carbonyl (C=O) groups is 1. The van der Waals surface area contributed by atoms with E-state index in [0.717, 1.165) is 8.95 Å². The molecule has 19 heavy (non-hydrogen) atoms. The summed E-state index contributed by atoms with van der Waals surface area (Å²) in [6.07, 6.45) is 2.96. The molecule has 0 saturated carbocycles. The first kappa shape index (κ1) is 14.1. The van der Waals surface area contributed by atoms with Crippen LogP contribution in [-0.4, -0.2) is 18.1 Å². The number of carbonyl (C=O) groups excluding carboxylic acids is 1. The van der Waals surface area contributed by atoms with Crippen molar-refractivity contribution in [3.05, 3.63) is 45.0 Å². The van der Waals surface area contributed by atoms with Gasteiger partial charge in [-0.1, -0.05) is 15.9 Å². The lowest BCUT2D eigenvalue weighted by Gasteiger charge is -2.12. The van der Waals surface area contributed by atoms with Gasteiger partial charge in [-0.3, -0.25) is 0 Å². The minimum Gasteiger partial charge on any atom is -0.465 e. The first-order valence-electron chi connectivity index (χ1n) is 5.30. The zero-order valence-electron chi connectivity index (χ0n) is 9.94. The third-order valence-corrected chi connectivity index (χ3v) is 3.47. The number of hydrogen-bond donors (Lipinski definition) is 1. The Morgan fingerprint density at radius 3 is 2.89 bits per heavy atom. The molecule has 0 aliphatic carbocycles. The number of hydrogen-bond acceptors (Lipinski definition) is 5. The first-order chi connectivity index (χ1) is 9.11. The SMILES string of the molecule is COC(=O)c1cc(Br)cc(Br)c1NCc1cnco1. The van der Waals surface area contributed by atoms with Crippen LogP contribution in [0.4, 0.5) is 5.69 Å². The number of rotatable bonds is 4. The lowest BCUT2D eigenvalue weighted by molar-refractivity contribution is 0.0601. The molecule has 0 bridgehead atoms. The Labute approximate surface area is 126 Å². The number of oxazole rings is 1. The van der Waals surface area contributed by atoms with Gasteiger partial charge >= 0.3 is 5.97 Å². The molecule has 0 fully saturated rings. The average molecular weight is 390 g/mol. The predicted octanol–water partition coefficient (Wildman–Crippen LogP) is 3.60. The number of aromatic nitrogens is 1. The first-order valence-corrected chi connectivity index (χ1v) is 6.89. The second-order valence-corrected chi connectivity index (χ2v) is 5.39. The second-order valence-electron chi connectivity index (χ2n) is 3.62. The van der Waals surface area contributed by atoms with E-state index >= 15 is 0 Å². The number of methoxy groups -OCH3 is 1. The number of nitrogens with zero attached hydrogens (tertiary/aromatic N) is 1.